The number of nitrogens with zero attached hydrogens (tertiary/aromatic N) is 6. The maximum atomic E-state index is 13.3. The number of anilines is 4. The van der Waals surface area contributed by atoms with E-state index in [1.807, 2.05) is 60.7 Å². The summed E-state index contributed by atoms with van der Waals surface area (Å²) in [5.41, 5.74) is 3.74. The number of rotatable bonds is 20. The van der Waals surface area contributed by atoms with Crippen molar-refractivity contribution >= 4 is 78.3 Å². The van der Waals surface area contributed by atoms with E-state index >= 15 is 0 Å². The number of esters is 2. The number of likely N-dealkylation sites (tertiary alicyclic amines) is 2. The third-order valence-electron chi connectivity index (χ3n) is 14.2. The lowest BCUT2D eigenvalue weighted by atomic mass is 9.94. The van der Waals surface area contributed by atoms with Crippen LogP contribution in [0.15, 0.2) is 102 Å². The number of piperidine rings is 2. The monoisotopic (exact) mass is 1060 g/mol. The summed E-state index contributed by atoms with van der Waals surface area (Å²) in [4.78, 5) is 38.5. The van der Waals surface area contributed by atoms with Gasteiger partial charge in [-0.1, -0.05) is 35.7 Å². The molecular weight excluding hydrogens is 997 g/mol. The van der Waals surface area contributed by atoms with Crippen molar-refractivity contribution in [1.82, 2.24) is 18.4 Å². The summed E-state index contributed by atoms with van der Waals surface area (Å²) in [6.45, 7) is 7.24. The Kier molecular flexibility index (Phi) is 17.7. The molecule has 0 atom stereocenters. The van der Waals surface area contributed by atoms with Crippen LogP contribution in [0.4, 0.5) is 22.7 Å². The molecule has 0 unspecified atom stereocenters. The summed E-state index contributed by atoms with van der Waals surface area (Å²) < 4.78 is 77.7. The Bertz CT molecular complexity index is 2610. The maximum Gasteiger partial charge on any atom is 0.417 e. The molecule has 0 bridgehead atoms. The second kappa shape index (κ2) is 23.8. The fourth-order valence-electron chi connectivity index (χ4n) is 9.90. The standard InChI is InChI=1S/C52H68N6O10S4/c1-53(2)71(61,62)47-13-7-11-41-49(47)69-45-17-15-39(65-5)35-43(45)57(41)27-9-25-55-29-19-37(20-30-55)23-33-67-51(59)52(60)68-34-24-38-21-31-56(32-22-38)26-10-28-58-42-12-8-14-48(72(63,64)54(3)4)50(42)70-46-18-16-40(66-6)36-44(46)58/h7-8,11-18,35-38H,9-10,19-34H2,1-6H3. The van der Waals surface area contributed by atoms with E-state index in [2.05, 4.69) is 19.6 Å². The summed E-state index contributed by atoms with van der Waals surface area (Å²) in [6.07, 6.45) is 7.01. The Morgan fingerprint density at radius 2 is 0.944 bits per heavy atom. The van der Waals surface area contributed by atoms with Gasteiger partial charge in [-0.2, -0.15) is 0 Å². The first-order chi connectivity index (χ1) is 34.6. The van der Waals surface area contributed by atoms with E-state index in [-0.39, 0.29) is 13.2 Å². The summed E-state index contributed by atoms with van der Waals surface area (Å²) in [5, 5.41) is 0. The minimum Gasteiger partial charge on any atom is -0.497 e. The first kappa shape index (κ1) is 53.7. The highest BCUT2D eigenvalue weighted by atomic mass is 32.2. The van der Waals surface area contributed by atoms with Crippen molar-refractivity contribution in [2.24, 2.45) is 11.8 Å². The highest BCUT2D eigenvalue weighted by Crippen LogP contribution is 2.53. The molecule has 16 nitrogen and oxygen atoms in total. The number of carbonyl (C=O) groups excluding carboxylic acids is 2. The van der Waals surface area contributed by atoms with Crippen LogP contribution in [0.2, 0.25) is 0 Å². The Morgan fingerprint density at radius 1 is 0.556 bits per heavy atom. The molecule has 0 radical (unpaired) electrons. The minimum absolute atomic E-state index is 0.182. The minimum atomic E-state index is -3.66. The Labute approximate surface area is 434 Å². The smallest absolute Gasteiger partial charge is 0.417 e. The molecular formula is C52H68N6O10S4. The number of ether oxygens (including phenoxy) is 4. The maximum absolute atomic E-state index is 13.3. The van der Waals surface area contributed by atoms with Crippen LogP contribution in [0, 0.1) is 11.8 Å². The molecule has 0 aromatic heterocycles. The number of hydrogen-bond acceptors (Lipinski definition) is 16. The lowest BCUT2D eigenvalue weighted by molar-refractivity contribution is -0.168. The van der Waals surface area contributed by atoms with Crippen LogP contribution in [0.5, 0.6) is 11.5 Å². The Morgan fingerprint density at radius 3 is 1.31 bits per heavy atom. The fourth-order valence-corrected chi connectivity index (χ4v) is 14.9. The van der Waals surface area contributed by atoms with Gasteiger partial charge in [0.05, 0.1) is 69.8 Å². The van der Waals surface area contributed by atoms with Gasteiger partial charge in [-0.3, -0.25) is 0 Å². The van der Waals surface area contributed by atoms with E-state index in [9.17, 15) is 26.4 Å². The summed E-state index contributed by atoms with van der Waals surface area (Å²) in [6, 6.07) is 22.8. The largest absolute Gasteiger partial charge is 0.497 e. The summed E-state index contributed by atoms with van der Waals surface area (Å²) in [7, 11) is 2.20. The summed E-state index contributed by atoms with van der Waals surface area (Å²) in [5.74, 6) is 0.401. The number of hydrogen-bond donors (Lipinski definition) is 0. The van der Waals surface area contributed by atoms with Crippen molar-refractivity contribution in [3.05, 3.63) is 72.8 Å². The SMILES string of the molecule is COc1ccc2c(c1)N(CCCN1CCC(CCOC(=O)C(=O)OCCC3CCN(CCCN4c5cc(OC)ccc5Sc5c4cccc5S(=O)(=O)N(C)C)CC3)CC1)c1cccc(S(=O)(=O)N(C)C)c1S2. The molecule has 72 heavy (non-hydrogen) atoms. The molecule has 0 N–H and O–H groups in total. The van der Waals surface area contributed by atoms with Gasteiger partial charge < -0.3 is 38.5 Å². The lowest BCUT2D eigenvalue weighted by Gasteiger charge is -2.36. The van der Waals surface area contributed by atoms with E-state index in [0.717, 1.165) is 132 Å². The number of sulfonamides is 2. The van der Waals surface area contributed by atoms with Gasteiger partial charge in [0.15, 0.2) is 0 Å². The Hall–Kier alpha value is -4.54. The van der Waals surface area contributed by atoms with Crippen LogP contribution in [-0.4, -0.2) is 155 Å². The third-order valence-corrected chi connectivity index (χ3v) is 20.5. The predicted molar refractivity (Wildman–Crippen MR) is 282 cm³/mol. The van der Waals surface area contributed by atoms with Crippen LogP contribution in [-0.2, 0) is 39.1 Å². The van der Waals surface area contributed by atoms with Gasteiger partial charge in [-0.25, -0.2) is 35.0 Å². The van der Waals surface area contributed by atoms with Gasteiger partial charge in [0, 0.05) is 63.2 Å². The molecule has 4 heterocycles. The quantitative estimate of drug-likeness (QED) is 0.0616. The van der Waals surface area contributed by atoms with Crippen LogP contribution >= 0.6 is 23.5 Å². The number of benzene rings is 4. The van der Waals surface area contributed by atoms with Crippen LogP contribution in [0.1, 0.15) is 51.4 Å². The van der Waals surface area contributed by atoms with Crippen molar-refractivity contribution in [2.45, 2.75) is 80.7 Å². The molecule has 2 fully saturated rings. The van der Waals surface area contributed by atoms with Gasteiger partial charge in [-0.15, -0.1) is 0 Å². The average Bonchev–Trinajstić information content (AvgIpc) is 3.38. The van der Waals surface area contributed by atoms with Gasteiger partial charge in [0.2, 0.25) is 20.0 Å². The first-order valence-electron chi connectivity index (χ1n) is 24.8. The normalized spacial score (nSPS) is 16.8. The molecule has 390 valence electrons. The van der Waals surface area contributed by atoms with E-state index in [1.165, 1.54) is 32.1 Å². The highest BCUT2D eigenvalue weighted by molar-refractivity contribution is 8.01. The molecule has 0 aliphatic carbocycles. The zero-order chi connectivity index (χ0) is 51.2. The van der Waals surface area contributed by atoms with E-state index in [4.69, 9.17) is 18.9 Å². The fraction of sp³-hybridized carbons (Fsp3) is 0.500. The van der Waals surface area contributed by atoms with Crippen molar-refractivity contribution in [2.75, 3.05) is 118 Å². The van der Waals surface area contributed by atoms with Gasteiger partial charge >= 0.3 is 11.9 Å². The molecule has 0 saturated carbocycles. The second-order valence-corrected chi connectivity index (χ2v) is 25.4. The molecule has 20 heteroatoms. The van der Waals surface area contributed by atoms with Crippen LogP contribution < -0.4 is 19.3 Å². The zero-order valence-electron chi connectivity index (χ0n) is 42.2. The molecule has 0 amide bonds. The molecule has 4 aliphatic rings. The van der Waals surface area contributed by atoms with E-state index in [0.29, 0.717) is 47.6 Å². The molecule has 2 saturated heterocycles. The number of carbonyl (C=O) groups is 2. The second-order valence-electron chi connectivity index (χ2n) is 19.1. The van der Waals surface area contributed by atoms with Gasteiger partial charge in [0.25, 0.3) is 0 Å². The predicted octanol–water partition coefficient (Wildman–Crippen LogP) is 8.18. The van der Waals surface area contributed by atoms with Crippen LogP contribution in [0.3, 0.4) is 0 Å². The number of methoxy groups -OCH3 is 2. The van der Waals surface area contributed by atoms with E-state index in [1.54, 1.807) is 54.5 Å². The van der Waals surface area contributed by atoms with Crippen molar-refractivity contribution in [3.8, 4) is 11.5 Å². The molecule has 4 aliphatic heterocycles. The van der Waals surface area contributed by atoms with Gasteiger partial charge in [0.1, 0.15) is 11.5 Å². The summed E-state index contributed by atoms with van der Waals surface area (Å²) >= 11 is 2.95. The van der Waals surface area contributed by atoms with Crippen molar-refractivity contribution in [1.29, 1.82) is 0 Å². The van der Waals surface area contributed by atoms with E-state index < -0.39 is 32.0 Å². The molecule has 4 aromatic rings. The number of fused-ring (bicyclic) bond motifs is 4. The molecule has 4 aromatic carbocycles. The Balaban J connectivity index is 0.719. The van der Waals surface area contributed by atoms with Gasteiger partial charge in [-0.05, 0) is 151 Å². The highest BCUT2D eigenvalue weighted by Gasteiger charge is 2.33. The first-order valence-corrected chi connectivity index (χ1v) is 29.3. The molecule has 0 spiro atoms. The van der Waals surface area contributed by atoms with Crippen molar-refractivity contribution in [3.63, 3.8) is 0 Å². The van der Waals surface area contributed by atoms with Crippen LogP contribution in [0.25, 0.3) is 0 Å². The van der Waals surface area contributed by atoms with Crippen molar-refractivity contribution < 1.29 is 45.4 Å². The lowest BCUT2D eigenvalue weighted by Crippen LogP contribution is -2.36. The average molecular weight is 1070 g/mol. The third kappa shape index (κ3) is 12.2. The molecule has 8 rings (SSSR count). The zero-order valence-corrected chi connectivity index (χ0v) is 45.5. The topological polar surface area (TPSA) is 159 Å².